The Balaban J connectivity index is 1.57. The Kier molecular flexibility index (Phi) is 5.47. The zero-order chi connectivity index (χ0) is 20.8. The molecule has 0 spiro atoms. The van der Waals surface area contributed by atoms with E-state index in [1.807, 2.05) is 17.6 Å². The normalized spacial score (nSPS) is 29.2. The van der Waals surface area contributed by atoms with Crippen molar-refractivity contribution in [1.29, 1.82) is 0 Å². The maximum atomic E-state index is 14.6. The summed E-state index contributed by atoms with van der Waals surface area (Å²) >= 11 is 0. The van der Waals surface area contributed by atoms with Crippen molar-refractivity contribution >= 4 is 27.0 Å². The summed E-state index contributed by atoms with van der Waals surface area (Å²) in [5.41, 5.74) is 1.53. The standard InChI is InChI=1S/C18H26F2N6O2S/c1-11-7-12-8-22-18(23-15-4-6-25(10-14(15)20)29(2,27)28)24-17(12)26(11)16-3-5-21-9-13(16)19/h7-8,13-16,21H,3-6,9-10H2,1-2H3,(H,22,23,24)/t13-,14-,15-,16+/m1/s1. The maximum Gasteiger partial charge on any atom is 0.224 e. The summed E-state index contributed by atoms with van der Waals surface area (Å²) in [6.07, 6.45) is 1.33. The summed E-state index contributed by atoms with van der Waals surface area (Å²) in [5.74, 6) is 0.265. The van der Waals surface area contributed by atoms with E-state index >= 15 is 0 Å². The Hall–Kier alpha value is -1.85. The molecular formula is C18H26F2N6O2S. The van der Waals surface area contributed by atoms with Crippen LogP contribution in [0.5, 0.6) is 0 Å². The summed E-state index contributed by atoms with van der Waals surface area (Å²) in [7, 11) is -3.41. The minimum atomic E-state index is -3.41. The molecule has 29 heavy (non-hydrogen) atoms. The van der Waals surface area contributed by atoms with Crippen molar-refractivity contribution in [3.63, 3.8) is 0 Å². The molecular weight excluding hydrogens is 402 g/mol. The van der Waals surface area contributed by atoms with E-state index in [1.165, 1.54) is 0 Å². The van der Waals surface area contributed by atoms with E-state index in [4.69, 9.17) is 0 Å². The molecule has 11 heteroatoms. The van der Waals surface area contributed by atoms with Gasteiger partial charge in [0.2, 0.25) is 16.0 Å². The second-order valence-corrected chi connectivity index (χ2v) is 9.86. The van der Waals surface area contributed by atoms with E-state index in [-0.39, 0.29) is 25.1 Å². The molecule has 4 atom stereocenters. The van der Waals surface area contributed by atoms with E-state index in [0.29, 0.717) is 25.0 Å². The molecule has 0 aromatic carbocycles. The van der Waals surface area contributed by atoms with Gasteiger partial charge in [0.25, 0.3) is 0 Å². The van der Waals surface area contributed by atoms with Crippen molar-refractivity contribution in [3.8, 4) is 0 Å². The Bertz CT molecular complexity index is 998. The van der Waals surface area contributed by atoms with Crippen molar-refractivity contribution in [2.24, 2.45) is 0 Å². The van der Waals surface area contributed by atoms with Crippen molar-refractivity contribution in [2.45, 2.75) is 44.2 Å². The van der Waals surface area contributed by atoms with Crippen LogP contribution in [0.25, 0.3) is 11.0 Å². The van der Waals surface area contributed by atoms with Crippen LogP contribution in [0.2, 0.25) is 0 Å². The number of anilines is 1. The van der Waals surface area contributed by atoms with Crippen molar-refractivity contribution in [2.75, 3.05) is 37.8 Å². The minimum Gasteiger partial charge on any atom is -0.348 e. The first-order valence-electron chi connectivity index (χ1n) is 9.79. The number of nitrogens with zero attached hydrogens (tertiary/aromatic N) is 4. The van der Waals surface area contributed by atoms with Crippen LogP contribution < -0.4 is 10.6 Å². The molecule has 0 aliphatic carbocycles. The van der Waals surface area contributed by atoms with Crippen molar-refractivity contribution in [3.05, 3.63) is 18.0 Å². The fourth-order valence-electron chi connectivity index (χ4n) is 4.23. The molecule has 2 aromatic heterocycles. The molecule has 2 aliphatic heterocycles. The third-order valence-electron chi connectivity index (χ3n) is 5.76. The first-order chi connectivity index (χ1) is 13.7. The van der Waals surface area contributed by atoms with Gasteiger partial charge in [0, 0.05) is 36.9 Å². The van der Waals surface area contributed by atoms with Crippen LogP contribution in [0.3, 0.4) is 0 Å². The number of rotatable bonds is 4. The lowest BCUT2D eigenvalue weighted by Crippen LogP contribution is -2.49. The third-order valence-corrected chi connectivity index (χ3v) is 7.03. The lowest BCUT2D eigenvalue weighted by Gasteiger charge is -2.33. The summed E-state index contributed by atoms with van der Waals surface area (Å²) in [4.78, 5) is 8.84. The predicted molar refractivity (Wildman–Crippen MR) is 107 cm³/mol. The highest BCUT2D eigenvalue weighted by atomic mass is 32.2. The van der Waals surface area contributed by atoms with Gasteiger partial charge in [-0.05, 0) is 32.4 Å². The molecule has 0 unspecified atom stereocenters. The van der Waals surface area contributed by atoms with Crippen LogP contribution in [0.4, 0.5) is 14.7 Å². The molecule has 160 valence electrons. The SMILES string of the molecule is Cc1cc2cnc(N[C@@H]3CCN(S(C)(=O)=O)C[C@H]3F)nc2n1[C@H]1CCNC[C@H]1F. The molecule has 4 heterocycles. The zero-order valence-corrected chi connectivity index (χ0v) is 17.3. The highest BCUT2D eigenvalue weighted by Crippen LogP contribution is 2.30. The highest BCUT2D eigenvalue weighted by molar-refractivity contribution is 7.88. The number of halogens is 2. The van der Waals surface area contributed by atoms with Crippen LogP contribution >= 0.6 is 0 Å². The second-order valence-electron chi connectivity index (χ2n) is 7.88. The summed E-state index contributed by atoms with van der Waals surface area (Å²) in [6.45, 7) is 3.02. The van der Waals surface area contributed by atoms with E-state index in [9.17, 15) is 17.2 Å². The molecule has 8 nitrogen and oxygen atoms in total. The fraction of sp³-hybridized carbons (Fsp3) is 0.667. The molecule has 0 saturated carbocycles. The molecule has 0 bridgehead atoms. The van der Waals surface area contributed by atoms with E-state index in [1.54, 1.807) is 6.20 Å². The lowest BCUT2D eigenvalue weighted by atomic mass is 10.0. The Morgan fingerprint density at radius 3 is 2.76 bits per heavy atom. The average Bonchev–Trinajstić information content (AvgIpc) is 2.98. The minimum absolute atomic E-state index is 0.188. The largest absolute Gasteiger partial charge is 0.348 e. The third kappa shape index (κ3) is 4.08. The Morgan fingerprint density at radius 1 is 1.28 bits per heavy atom. The summed E-state index contributed by atoms with van der Waals surface area (Å²) in [5, 5.41) is 6.87. The average molecular weight is 429 g/mol. The molecule has 2 saturated heterocycles. The first kappa shape index (κ1) is 20.4. The number of sulfonamides is 1. The van der Waals surface area contributed by atoms with Crippen LogP contribution in [0, 0.1) is 6.92 Å². The predicted octanol–water partition coefficient (Wildman–Crippen LogP) is 1.40. The number of nitrogens with one attached hydrogen (secondary N) is 2. The number of aromatic nitrogens is 3. The van der Waals surface area contributed by atoms with Gasteiger partial charge in [-0.3, -0.25) is 0 Å². The molecule has 2 N–H and O–H groups in total. The van der Waals surface area contributed by atoms with Crippen LogP contribution in [-0.4, -0.2) is 78.1 Å². The van der Waals surface area contributed by atoms with Crippen LogP contribution in [-0.2, 0) is 10.0 Å². The van der Waals surface area contributed by atoms with Gasteiger partial charge in [0.05, 0.1) is 18.3 Å². The van der Waals surface area contributed by atoms with E-state index < -0.39 is 28.4 Å². The van der Waals surface area contributed by atoms with Gasteiger partial charge in [0.15, 0.2) is 0 Å². The number of aryl methyl sites for hydroxylation is 1. The molecule has 4 rings (SSSR count). The molecule has 0 amide bonds. The van der Waals surface area contributed by atoms with Gasteiger partial charge in [-0.15, -0.1) is 0 Å². The quantitative estimate of drug-likeness (QED) is 0.765. The number of hydrogen-bond acceptors (Lipinski definition) is 6. The van der Waals surface area contributed by atoms with Gasteiger partial charge in [-0.25, -0.2) is 22.2 Å². The molecule has 2 aromatic rings. The second kappa shape index (κ2) is 7.77. The summed E-state index contributed by atoms with van der Waals surface area (Å²) < 4.78 is 55.4. The van der Waals surface area contributed by atoms with E-state index in [0.717, 1.165) is 28.2 Å². The van der Waals surface area contributed by atoms with Gasteiger partial charge in [-0.2, -0.15) is 9.29 Å². The maximum absolute atomic E-state index is 14.6. The number of alkyl halides is 2. The smallest absolute Gasteiger partial charge is 0.224 e. The van der Waals surface area contributed by atoms with Crippen molar-refractivity contribution < 1.29 is 17.2 Å². The van der Waals surface area contributed by atoms with E-state index in [2.05, 4.69) is 20.6 Å². The van der Waals surface area contributed by atoms with Crippen LogP contribution in [0.15, 0.2) is 12.3 Å². The number of piperidine rings is 2. The molecule has 0 radical (unpaired) electrons. The van der Waals surface area contributed by atoms with Gasteiger partial charge >= 0.3 is 0 Å². The topological polar surface area (TPSA) is 92.2 Å². The molecule has 2 fully saturated rings. The zero-order valence-electron chi connectivity index (χ0n) is 16.5. The Morgan fingerprint density at radius 2 is 2.07 bits per heavy atom. The highest BCUT2D eigenvalue weighted by Gasteiger charge is 2.34. The molecule has 2 aliphatic rings. The van der Waals surface area contributed by atoms with Crippen LogP contribution in [0.1, 0.15) is 24.6 Å². The van der Waals surface area contributed by atoms with Gasteiger partial charge < -0.3 is 15.2 Å². The number of fused-ring (bicyclic) bond motifs is 1. The number of hydrogen-bond donors (Lipinski definition) is 2. The summed E-state index contributed by atoms with van der Waals surface area (Å²) in [6, 6.07) is 1.04. The Labute approximate surface area is 168 Å². The fourth-order valence-corrected chi connectivity index (χ4v) is 5.08. The lowest BCUT2D eigenvalue weighted by molar-refractivity contribution is 0.185. The van der Waals surface area contributed by atoms with Gasteiger partial charge in [-0.1, -0.05) is 0 Å². The van der Waals surface area contributed by atoms with Gasteiger partial charge in [0.1, 0.15) is 18.0 Å². The monoisotopic (exact) mass is 428 g/mol. The van der Waals surface area contributed by atoms with Crippen molar-refractivity contribution in [1.82, 2.24) is 24.2 Å². The first-order valence-corrected chi connectivity index (χ1v) is 11.6.